The van der Waals surface area contributed by atoms with Gasteiger partial charge in [-0.05, 0) is 74.0 Å². The summed E-state index contributed by atoms with van der Waals surface area (Å²) in [6, 6.07) is 17.4. The lowest BCUT2D eigenvalue weighted by molar-refractivity contribution is -0.117. The molecule has 194 valence electrons. The first-order valence-corrected chi connectivity index (χ1v) is 12.7. The molecular formula is C29H23BrF2N2O4. The smallest absolute Gasteiger partial charge is 0.335 e. The number of carboxylic acid groups (broad SMARTS) is 1. The van der Waals surface area contributed by atoms with Crippen molar-refractivity contribution in [1.82, 2.24) is 4.57 Å². The molecule has 3 aromatic carbocycles. The van der Waals surface area contributed by atoms with Gasteiger partial charge in [-0.3, -0.25) is 4.79 Å². The van der Waals surface area contributed by atoms with Crippen LogP contribution >= 0.6 is 15.9 Å². The summed E-state index contributed by atoms with van der Waals surface area (Å²) in [6.45, 7) is 2.31. The number of amides is 1. The van der Waals surface area contributed by atoms with Crippen molar-refractivity contribution < 1.29 is 28.2 Å². The summed E-state index contributed by atoms with van der Waals surface area (Å²) in [5, 5.41) is 9.80. The molecule has 0 bridgehead atoms. The van der Waals surface area contributed by atoms with E-state index in [2.05, 4.69) is 15.9 Å². The molecule has 0 saturated carbocycles. The van der Waals surface area contributed by atoms with E-state index < -0.39 is 17.6 Å². The molecule has 0 radical (unpaired) electrons. The zero-order valence-corrected chi connectivity index (χ0v) is 22.0. The van der Waals surface area contributed by atoms with Crippen LogP contribution in [0.5, 0.6) is 5.75 Å². The highest BCUT2D eigenvalue weighted by molar-refractivity contribution is 9.10. The number of ether oxygens (including phenoxy) is 1. The minimum absolute atomic E-state index is 0.0429. The number of hydrogen-bond acceptors (Lipinski definition) is 3. The number of aromatic nitrogens is 1. The number of anilines is 1. The van der Waals surface area contributed by atoms with Crippen LogP contribution in [0.3, 0.4) is 0 Å². The summed E-state index contributed by atoms with van der Waals surface area (Å²) in [5.74, 6) is -2.04. The molecule has 0 aliphatic carbocycles. The second-order valence-electron chi connectivity index (χ2n) is 9.05. The third-order valence-electron chi connectivity index (χ3n) is 6.48. The molecule has 0 atom stereocenters. The van der Waals surface area contributed by atoms with Crippen molar-refractivity contribution in [2.45, 2.75) is 26.4 Å². The molecule has 1 aliphatic heterocycles. The van der Waals surface area contributed by atoms with Crippen molar-refractivity contribution in [1.29, 1.82) is 0 Å². The summed E-state index contributed by atoms with van der Waals surface area (Å²) in [5.41, 5.74) is 3.59. The maximum Gasteiger partial charge on any atom is 0.335 e. The number of rotatable bonds is 7. The number of halogens is 3. The minimum Gasteiger partial charge on any atom is -0.488 e. The van der Waals surface area contributed by atoms with Crippen molar-refractivity contribution >= 4 is 33.5 Å². The fourth-order valence-electron chi connectivity index (χ4n) is 4.64. The SMILES string of the molecule is Cc1ccc(-c2cc(Br)ccc2OCc2ccc(F)cc2F)n1-c1cc(C(=O)O)cc(N2CCCC2=O)c1. The van der Waals surface area contributed by atoms with E-state index in [4.69, 9.17) is 4.74 Å². The molecule has 5 rings (SSSR count). The number of carbonyl (C=O) groups is 2. The second-order valence-corrected chi connectivity index (χ2v) is 9.97. The summed E-state index contributed by atoms with van der Waals surface area (Å²) in [7, 11) is 0. The second kappa shape index (κ2) is 10.4. The normalized spacial score (nSPS) is 13.3. The molecule has 9 heteroatoms. The molecule has 0 spiro atoms. The number of nitrogens with zero attached hydrogens (tertiary/aromatic N) is 2. The standard InChI is InChI=1S/C29H23BrF2N2O4/c1-17-4-8-26(24-13-20(30)6-9-27(24)38-16-18-5-7-21(31)14-25(18)32)34(17)23-12-19(29(36)37)11-22(15-23)33-10-2-3-28(33)35/h4-9,11-15H,2-3,10,16H2,1H3,(H,36,37). The average molecular weight is 581 g/mol. The van der Waals surface area contributed by atoms with Gasteiger partial charge in [-0.1, -0.05) is 15.9 Å². The lowest BCUT2D eigenvalue weighted by Crippen LogP contribution is -2.24. The molecule has 1 aromatic heterocycles. The van der Waals surface area contributed by atoms with Crippen molar-refractivity contribution in [3.63, 3.8) is 0 Å². The number of aromatic carboxylic acids is 1. The maximum absolute atomic E-state index is 14.2. The van der Waals surface area contributed by atoms with Crippen LogP contribution in [0.15, 0.2) is 71.2 Å². The maximum atomic E-state index is 14.2. The zero-order chi connectivity index (χ0) is 27.0. The van der Waals surface area contributed by atoms with Crippen molar-refractivity contribution in [3.8, 4) is 22.7 Å². The Hall–Kier alpha value is -3.98. The van der Waals surface area contributed by atoms with Gasteiger partial charge < -0.3 is 19.3 Å². The fourth-order valence-corrected chi connectivity index (χ4v) is 5.00. The van der Waals surface area contributed by atoms with Crippen molar-refractivity contribution in [3.05, 3.63) is 99.7 Å². The largest absolute Gasteiger partial charge is 0.488 e. The van der Waals surface area contributed by atoms with Gasteiger partial charge in [-0.2, -0.15) is 0 Å². The first kappa shape index (κ1) is 25.7. The molecule has 0 unspecified atom stereocenters. The van der Waals surface area contributed by atoms with Gasteiger partial charge in [0, 0.05) is 51.7 Å². The topological polar surface area (TPSA) is 71.8 Å². The molecule has 1 saturated heterocycles. The van der Waals surface area contributed by atoms with Crippen LogP contribution in [0.2, 0.25) is 0 Å². The van der Waals surface area contributed by atoms with Gasteiger partial charge in [-0.15, -0.1) is 0 Å². The van der Waals surface area contributed by atoms with Crippen molar-refractivity contribution in [2.75, 3.05) is 11.4 Å². The molecule has 1 aliphatic rings. The highest BCUT2D eigenvalue weighted by atomic mass is 79.9. The molecule has 1 N–H and O–H groups in total. The van der Waals surface area contributed by atoms with Crippen LogP contribution in [0, 0.1) is 18.6 Å². The van der Waals surface area contributed by atoms with Gasteiger partial charge >= 0.3 is 5.97 Å². The number of benzene rings is 3. The summed E-state index contributed by atoms with van der Waals surface area (Å²) >= 11 is 3.50. The van der Waals surface area contributed by atoms with Gasteiger partial charge in [-0.25, -0.2) is 13.6 Å². The molecule has 1 amide bonds. The van der Waals surface area contributed by atoms with E-state index in [0.29, 0.717) is 47.8 Å². The highest BCUT2D eigenvalue weighted by Gasteiger charge is 2.24. The van der Waals surface area contributed by atoms with Crippen LogP contribution in [-0.4, -0.2) is 28.1 Å². The first-order valence-electron chi connectivity index (χ1n) is 12.0. The monoisotopic (exact) mass is 580 g/mol. The number of hydrogen-bond donors (Lipinski definition) is 1. The van der Waals surface area contributed by atoms with Crippen LogP contribution in [0.4, 0.5) is 14.5 Å². The first-order chi connectivity index (χ1) is 18.2. The predicted octanol–water partition coefficient (Wildman–Crippen LogP) is 6.90. The van der Waals surface area contributed by atoms with Crippen LogP contribution in [0.1, 0.15) is 34.5 Å². The number of carboxylic acids is 1. The van der Waals surface area contributed by atoms with Crippen LogP contribution in [0.25, 0.3) is 16.9 Å². The summed E-state index contributed by atoms with van der Waals surface area (Å²) in [6.07, 6.45) is 1.14. The minimum atomic E-state index is -1.10. The molecular weight excluding hydrogens is 558 g/mol. The lowest BCUT2D eigenvalue weighted by Gasteiger charge is -2.20. The van der Waals surface area contributed by atoms with E-state index in [1.807, 2.05) is 29.7 Å². The van der Waals surface area contributed by atoms with Gasteiger partial charge in [0.25, 0.3) is 0 Å². The lowest BCUT2D eigenvalue weighted by atomic mass is 10.1. The average Bonchev–Trinajstić information content (AvgIpc) is 3.49. The van der Waals surface area contributed by atoms with E-state index in [9.17, 15) is 23.5 Å². The van der Waals surface area contributed by atoms with Crippen molar-refractivity contribution in [2.24, 2.45) is 0 Å². The van der Waals surface area contributed by atoms with E-state index in [-0.39, 0.29) is 23.6 Å². The Bertz CT molecular complexity index is 1570. The van der Waals surface area contributed by atoms with E-state index in [0.717, 1.165) is 16.2 Å². The van der Waals surface area contributed by atoms with Crippen LogP contribution < -0.4 is 9.64 Å². The molecule has 4 aromatic rings. The number of aryl methyl sites for hydroxylation is 1. The fraction of sp³-hybridized carbons (Fsp3) is 0.172. The van der Waals surface area contributed by atoms with E-state index in [1.165, 1.54) is 18.2 Å². The number of carbonyl (C=O) groups excluding carboxylic acids is 1. The Balaban J connectivity index is 1.59. The third-order valence-corrected chi connectivity index (χ3v) is 6.98. The Morgan fingerprint density at radius 2 is 1.82 bits per heavy atom. The van der Waals surface area contributed by atoms with Gasteiger partial charge in [0.05, 0.1) is 11.3 Å². The summed E-state index contributed by atoms with van der Waals surface area (Å²) < 4.78 is 36.2. The van der Waals surface area contributed by atoms with Crippen LogP contribution in [-0.2, 0) is 11.4 Å². The van der Waals surface area contributed by atoms with Gasteiger partial charge in [0.1, 0.15) is 24.0 Å². The van der Waals surface area contributed by atoms with Gasteiger partial charge in [0.15, 0.2) is 0 Å². The Labute approximate surface area is 226 Å². The van der Waals surface area contributed by atoms with E-state index >= 15 is 0 Å². The Kier molecular flexibility index (Phi) is 7.03. The van der Waals surface area contributed by atoms with Gasteiger partial charge in [0.2, 0.25) is 5.91 Å². The Morgan fingerprint density at radius 3 is 2.53 bits per heavy atom. The quantitative estimate of drug-likeness (QED) is 0.258. The summed E-state index contributed by atoms with van der Waals surface area (Å²) in [4.78, 5) is 26.0. The molecule has 2 heterocycles. The third kappa shape index (κ3) is 5.06. The Morgan fingerprint density at radius 1 is 1.03 bits per heavy atom. The highest BCUT2D eigenvalue weighted by Crippen LogP contribution is 2.37. The molecule has 6 nitrogen and oxygen atoms in total. The molecule has 38 heavy (non-hydrogen) atoms. The predicted molar refractivity (Wildman–Crippen MR) is 143 cm³/mol. The zero-order valence-electron chi connectivity index (χ0n) is 20.4. The molecule has 1 fully saturated rings. The van der Waals surface area contributed by atoms with E-state index in [1.54, 1.807) is 29.2 Å².